The van der Waals surface area contributed by atoms with Crippen LogP contribution in [0, 0.1) is 0 Å². The highest BCUT2D eigenvalue weighted by atomic mass is 16.5. The fourth-order valence-electron chi connectivity index (χ4n) is 2.67. The average Bonchev–Trinajstić information content (AvgIpc) is 2.93. The van der Waals surface area contributed by atoms with E-state index >= 15 is 0 Å². The maximum Gasteiger partial charge on any atom is 0.124 e. The summed E-state index contributed by atoms with van der Waals surface area (Å²) in [5.74, 6) is 0.926. The molecule has 0 radical (unpaired) electrons. The zero-order chi connectivity index (χ0) is 13.5. The van der Waals surface area contributed by atoms with Gasteiger partial charge >= 0.3 is 0 Å². The van der Waals surface area contributed by atoms with Crippen LogP contribution in [0.5, 0.6) is 5.75 Å². The first-order chi connectivity index (χ1) is 9.31. The number of ether oxygens (including phenoxy) is 2. The average molecular weight is 263 g/mol. The van der Waals surface area contributed by atoms with Gasteiger partial charge in [-0.25, -0.2) is 0 Å². The first-order valence-corrected chi connectivity index (χ1v) is 7.40. The number of rotatable bonds is 7. The Labute approximate surface area is 116 Å². The van der Waals surface area contributed by atoms with Crippen LogP contribution >= 0.6 is 0 Å². The Morgan fingerprint density at radius 3 is 3.00 bits per heavy atom. The van der Waals surface area contributed by atoms with E-state index in [0.29, 0.717) is 12.7 Å². The molecule has 2 atom stereocenters. The lowest BCUT2D eigenvalue weighted by Gasteiger charge is -2.17. The normalized spacial score (nSPS) is 20.4. The van der Waals surface area contributed by atoms with E-state index in [2.05, 4.69) is 6.07 Å². The monoisotopic (exact) mass is 263 g/mol. The molecule has 2 unspecified atom stereocenters. The second-order valence-electron chi connectivity index (χ2n) is 5.14. The molecule has 3 nitrogen and oxygen atoms in total. The minimum Gasteiger partial charge on any atom is -0.494 e. The molecule has 0 spiro atoms. The van der Waals surface area contributed by atoms with Crippen molar-refractivity contribution in [1.82, 2.24) is 0 Å². The second-order valence-corrected chi connectivity index (χ2v) is 5.14. The highest BCUT2D eigenvalue weighted by molar-refractivity contribution is 5.35. The summed E-state index contributed by atoms with van der Waals surface area (Å²) in [4.78, 5) is 0. The highest BCUT2D eigenvalue weighted by Crippen LogP contribution is 2.27. The predicted molar refractivity (Wildman–Crippen MR) is 77.4 cm³/mol. The molecule has 1 heterocycles. The fraction of sp³-hybridized carbons (Fsp3) is 0.625. The summed E-state index contributed by atoms with van der Waals surface area (Å²) >= 11 is 0. The van der Waals surface area contributed by atoms with Crippen LogP contribution in [-0.2, 0) is 4.74 Å². The number of hydrogen-bond donors (Lipinski definition) is 1. The Bertz CT molecular complexity index is 375. The van der Waals surface area contributed by atoms with Crippen LogP contribution in [0.15, 0.2) is 24.3 Å². The minimum atomic E-state index is 0.0594. The summed E-state index contributed by atoms with van der Waals surface area (Å²) in [6.45, 7) is 3.61. The quantitative estimate of drug-likeness (QED) is 0.819. The zero-order valence-electron chi connectivity index (χ0n) is 11.8. The SMILES string of the molecule is CCOc1ccccc1C(N)CCCC1CCCO1. The molecular weight excluding hydrogens is 238 g/mol. The maximum absolute atomic E-state index is 6.29. The van der Waals surface area contributed by atoms with Crippen molar-refractivity contribution >= 4 is 0 Å². The topological polar surface area (TPSA) is 44.5 Å². The van der Waals surface area contributed by atoms with E-state index in [0.717, 1.165) is 37.2 Å². The van der Waals surface area contributed by atoms with Gasteiger partial charge in [-0.15, -0.1) is 0 Å². The van der Waals surface area contributed by atoms with E-state index < -0.39 is 0 Å². The molecule has 0 aliphatic carbocycles. The van der Waals surface area contributed by atoms with Crippen molar-refractivity contribution in [1.29, 1.82) is 0 Å². The van der Waals surface area contributed by atoms with Crippen LogP contribution in [0.25, 0.3) is 0 Å². The number of para-hydroxylation sites is 1. The molecule has 0 bridgehead atoms. The first-order valence-electron chi connectivity index (χ1n) is 7.40. The van der Waals surface area contributed by atoms with Crippen molar-refractivity contribution in [3.05, 3.63) is 29.8 Å². The van der Waals surface area contributed by atoms with Gasteiger partial charge in [0.15, 0.2) is 0 Å². The largest absolute Gasteiger partial charge is 0.494 e. The van der Waals surface area contributed by atoms with Crippen LogP contribution in [-0.4, -0.2) is 19.3 Å². The van der Waals surface area contributed by atoms with E-state index in [1.807, 2.05) is 25.1 Å². The minimum absolute atomic E-state index is 0.0594. The lowest BCUT2D eigenvalue weighted by atomic mass is 9.99. The summed E-state index contributed by atoms with van der Waals surface area (Å²) < 4.78 is 11.3. The Morgan fingerprint density at radius 2 is 2.26 bits per heavy atom. The molecule has 0 saturated carbocycles. The summed E-state index contributed by atoms with van der Waals surface area (Å²) in [6.07, 6.45) is 6.13. The number of hydrogen-bond acceptors (Lipinski definition) is 3. The first kappa shape index (κ1) is 14.4. The molecule has 1 aromatic carbocycles. The summed E-state index contributed by atoms with van der Waals surface area (Å²) in [7, 11) is 0. The highest BCUT2D eigenvalue weighted by Gasteiger charge is 2.16. The van der Waals surface area contributed by atoms with Crippen molar-refractivity contribution in [3.63, 3.8) is 0 Å². The van der Waals surface area contributed by atoms with Crippen LogP contribution in [0.1, 0.15) is 50.6 Å². The van der Waals surface area contributed by atoms with Crippen molar-refractivity contribution in [2.24, 2.45) is 5.73 Å². The van der Waals surface area contributed by atoms with Gasteiger partial charge in [0.25, 0.3) is 0 Å². The smallest absolute Gasteiger partial charge is 0.124 e. The van der Waals surface area contributed by atoms with E-state index in [4.69, 9.17) is 15.2 Å². The molecule has 1 fully saturated rings. The van der Waals surface area contributed by atoms with Gasteiger partial charge in [0.2, 0.25) is 0 Å². The number of nitrogens with two attached hydrogens (primary N) is 1. The molecule has 2 N–H and O–H groups in total. The third-order valence-corrected chi connectivity index (χ3v) is 3.68. The molecule has 1 aliphatic heterocycles. The van der Waals surface area contributed by atoms with Crippen molar-refractivity contribution in [2.45, 2.75) is 51.2 Å². The summed E-state index contributed by atoms with van der Waals surface area (Å²) in [5, 5.41) is 0. The fourth-order valence-corrected chi connectivity index (χ4v) is 2.67. The van der Waals surface area contributed by atoms with E-state index in [-0.39, 0.29) is 6.04 Å². The van der Waals surface area contributed by atoms with Crippen LogP contribution in [0.4, 0.5) is 0 Å². The molecule has 2 rings (SSSR count). The Kier molecular flexibility index (Phi) is 5.67. The van der Waals surface area contributed by atoms with Gasteiger partial charge in [-0.05, 0) is 45.1 Å². The van der Waals surface area contributed by atoms with E-state index in [9.17, 15) is 0 Å². The van der Waals surface area contributed by atoms with Gasteiger partial charge < -0.3 is 15.2 Å². The molecular formula is C16H25NO2. The molecule has 1 aromatic rings. The van der Waals surface area contributed by atoms with Crippen molar-refractivity contribution in [3.8, 4) is 5.75 Å². The third-order valence-electron chi connectivity index (χ3n) is 3.68. The maximum atomic E-state index is 6.29. The Hall–Kier alpha value is -1.06. The summed E-state index contributed by atoms with van der Waals surface area (Å²) in [5.41, 5.74) is 7.41. The second kappa shape index (κ2) is 7.51. The molecule has 106 valence electrons. The molecule has 0 aromatic heterocycles. The third kappa shape index (κ3) is 4.22. The van der Waals surface area contributed by atoms with Gasteiger partial charge in [0, 0.05) is 18.2 Å². The molecule has 1 aliphatic rings. The van der Waals surface area contributed by atoms with Gasteiger partial charge in [0.1, 0.15) is 5.75 Å². The Balaban J connectivity index is 1.82. The molecule has 1 saturated heterocycles. The van der Waals surface area contributed by atoms with Gasteiger partial charge in [-0.3, -0.25) is 0 Å². The van der Waals surface area contributed by atoms with Gasteiger partial charge in [-0.1, -0.05) is 18.2 Å². The standard InChI is InChI=1S/C16H25NO2/c1-2-18-16-11-4-3-9-14(16)15(17)10-5-7-13-8-6-12-19-13/h3-4,9,11,13,15H,2,5-8,10,12,17H2,1H3. The van der Waals surface area contributed by atoms with Crippen molar-refractivity contribution in [2.75, 3.05) is 13.2 Å². The van der Waals surface area contributed by atoms with Crippen LogP contribution in [0.3, 0.4) is 0 Å². The van der Waals surface area contributed by atoms with E-state index in [1.54, 1.807) is 0 Å². The molecule has 19 heavy (non-hydrogen) atoms. The van der Waals surface area contributed by atoms with Crippen molar-refractivity contribution < 1.29 is 9.47 Å². The lowest BCUT2D eigenvalue weighted by Crippen LogP contribution is -2.13. The lowest BCUT2D eigenvalue weighted by molar-refractivity contribution is 0.101. The summed E-state index contributed by atoms with van der Waals surface area (Å²) in [6, 6.07) is 8.15. The number of benzene rings is 1. The predicted octanol–water partition coefficient (Wildman–Crippen LogP) is 3.43. The van der Waals surface area contributed by atoms with Gasteiger partial charge in [0.05, 0.1) is 12.7 Å². The van der Waals surface area contributed by atoms with Gasteiger partial charge in [-0.2, -0.15) is 0 Å². The molecule has 3 heteroatoms. The van der Waals surface area contributed by atoms with Crippen LogP contribution in [0.2, 0.25) is 0 Å². The Morgan fingerprint density at radius 1 is 1.42 bits per heavy atom. The zero-order valence-corrected chi connectivity index (χ0v) is 11.8. The van der Waals surface area contributed by atoms with Crippen LogP contribution < -0.4 is 10.5 Å². The van der Waals surface area contributed by atoms with E-state index in [1.165, 1.54) is 12.8 Å². The molecule has 0 amide bonds.